The van der Waals surface area contributed by atoms with Gasteiger partial charge in [-0.3, -0.25) is 9.69 Å². The zero-order valence-corrected chi connectivity index (χ0v) is 16.6. The van der Waals surface area contributed by atoms with Gasteiger partial charge in [-0.15, -0.1) is 0 Å². The van der Waals surface area contributed by atoms with E-state index < -0.39 is 0 Å². The van der Waals surface area contributed by atoms with Crippen LogP contribution in [0, 0.1) is 25.2 Å². The summed E-state index contributed by atoms with van der Waals surface area (Å²) < 4.78 is 0. The number of amides is 1. The summed E-state index contributed by atoms with van der Waals surface area (Å²) in [6.07, 6.45) is 6.15. The molecule has 1 aromatic rings. The van der Waals surface area contributed by atoms with Gasteiger partial charge >= 0.3 is 0 Å². The summed E-state index contributed by atoms with van der Waals surface area (Å²) in [5, 5.41) is 9.60. The Morgan fingerprint density at radius 2 is 2.12 bits per heavy atom. The molecule has 1 aliphatic rings. The Kier molecular flexibility index (Phi) is 7.34. The molecule has 4 nitrogen and oxygen atoms in total. The maximum atomic E-state index is 13.0. The van der Waals surface area contributed by atoms with Crippen molar-refractivity contribution in [1.82, 2.24) is 4.90 Å². The van der Waals surface area contributed by atoms with Crippen molar-refractivity contribution in [1.29, 1.82) is 5.26 Å². The van der Waals surface area contributed by atoms with E-state index in [-0.39, 0.29) is 5.91 Å². The first-order valence-electron chi connectivity index (χ1n) is 8.96. The third-order valence-corrected chi connectivity index (χ3v) is 6.44. The first-order chi connectivity index (χ1) is 12.0. The largest absolute Gasteiger partial charge is 0.310 e. The number of nitriles is 1. The summed E-state index contributed by atoms with van der Waals surface area (Å²) >= 11 is 1.91. The molecule has 0 N–H and O–H groups in total. The summed E-state index contributed by atoms with van der Waals surface area (Å²) in [5.74, 6) is 0.0817. The minimum Gasteiger partial charge on any atom is -0.310 e. The van der Waals surface area contributed by atoms with Crippen LogP contribution in [0.1, 0.15) is 36.8 Å². The topological polar surface area (TPSA) is 47.3 Å². The fraction of sp³-hybridized carbons (Fsp3) is 0.600. The Balaban J connectivity index is 2.16. The van der Waals surface area contributed by atoms with E-state index in [0.29, 0.717) is 30.8 Å². The fourth-order valence-electron chi connectivity index (χ4n) is 3.67. The number of nitrogens with zero attached hydrogens (tertiary/aromatic N) is 3. The average Bonchev–Trinajstić information content (AvgIpc) is 3.07. The first-order valence-corrected chi connectivity index (χ1v) is 10.2. The van der Waals surface area contributed by atoms with Crippen molar-refractivity contribution in [2.75, 3.05) is 31.3 Å². The lowest BCUT2D eigenvalue weighted by molar-refractivity contribution is -0.119. The summed E-state index contributed by atoms with van der Waals surface area (Å²) in [6, 6.07) is 8.66. The first kappa shape index (κ1) is 19.8. The molecule has 0 heterocycles. The Labute approximate surface area is 156 Å². The van der Waals surface area contributed by atoms with Crippen LogP contribution in [0.4, 0.5) is 5.69 Å². The van der Waals surface area contributed by atoms with Crippen molar-refractivity contribution in [3.63, 3.8) is 0 Å². The van der Waals surface area contributed by atoms with Crippen molar-refractivity contribution in [3.05, 3.63) is 29.3 Å². The van der Waals surface area contributed by atoms with Gasteiger partial charge < -0.3 is 4.90 Å². The van der Waals surface area contributed by atoms with Gasteiger partial charge in [-0.25, -0.2) is 0 Å². The molecule has 0 aromatic heterocycles. The quantitative estimate of drug-likeness (QED) is 0.743. The lowest BCUT2D eigenvalue weighted by Gasteiger charge is -2.31. The molecule has 2 unspecified atom stereocenters. The Morgan fingerprint density at radius 1 is 1.36 bits per heavy atom. The van der Waals surface area contributed by atoms with Gasteiger partial charge in [0.2, 0.25) is 5.91 Å². The van der Waals surface area contributed by atoms with Crippen LogP contribution in [0.25, 0.3) is 0 Å². The van der Waals surface area contributed by atoms with Gasteiger partial charge in [-0.05, 0) is 57.2 Å². The normalized spacial score (nSPS) is 19.8. The van der Waals surface area contributed by atoms with E-state index in [9.17, 15) is 4.79 Å². The molecule has 0 radical (unpaired) electrons. The van der Waals surface area contributed by atoms with Crippen LogP contribution >= 0.6 is 11.8 Å². The molecule has 136 valence electrons. The van der Waals surface area contributed by atoms with Gasteiger partial charge in [0.05, 0.1) is 19.0 Å². The Hall–Kier alpha value is -1.51. The molecule has 0 bridgehead atoms. The van der Waals surface area contributed by atoms with Gasteiger partial charge in [0.25, 0.3) is 0 Å². The molecule has 1 saturated carbocycles. The fourth-order valence-corrected chi connectivity index (χ4v) is 4.73. The smallest absolute Gasteiger partial charge is 0.241 e. The van der Waals surface area contributed by atoms with E-state index in [2.05, 4.69) is 37.3 Å². The second-order valence-corrected chi connectivity index (χ2v) is 7.94. The summed E-state index contributed by atoms with van der Waals surface area (Å²) in [4.78, 5) is 17.0. The maximum absolute atomic E-state index is 13.0. The van der Waals surface area contributed by atoms with E-state index in [1.807, 2.05) is 30.8 Å². The number of aryl methyl sites for hydroxylation is 1. The van der Waals surface area contributed by atoms with Gasteiger partial charge in [-0.1, -0.05) is 18.6 Å². The Morgan fingerprint density at radius 3 is 2.80 bits per heavy atom. The number of thioether (sulfide) groups is 1. The van der Waals surface area contributed by atoms with Crippen LogP contribution in [0.15, 0.2) is 18.2 Å². The highest BCUT2D eigenvalue weighted by Crippen LogP contribution is 2.31. The summed E-state index contributed by atoms with van der Waals surface area (Å²) in [5.41, 5.74) is 3.21. The molecule has 0 spiro atoms. The second kappa shape index (κ2) is 9.26. The van der Waals surface area contributed by atoms with Crippen LogP contribution in [0.5, 0.6) is 0 Å². The minimum absolute atomic E-state index is 0.0817. The molecule has 2 rings (SSSR count). The molecular weight excluding hydrogens is 330 g/mol. The molecule has 0 aliphatic heterocycles. The van der Waals surface area contributed by atoms with Crippen molar-refractivity contribution in [2.24, 2.45) is 0 Å². The van der Waals surface area contributed by atoms with E-state index in [1.165, 1.54) is 18.4 Å². The van der Waals surface area contributed by atoms with Crippen molar-refractivity contribution in [2.45, 2.75) is 50.8 Å². The van der Waals surface area contributed by atoms with Crippen LogP contribution in [0.3, 0.4) is 0 Å². The molecular formula is C20H29N3OS. The maximum Gasteiger partial charge on any atom is 0.241 e. The van der Waals surface area contributed by atoms with Crippen LogP contribution in [-0.2, 0) is 4.79 Å². The lowest BCUT2D eigenvalue weighted by Crippen LogP contribution is -2.45. The van der Waals surface area contributed by atoms with E-state index >= 15 is 0 Å². The number of benzene rings is 1. The zero-order chi connectivity index (χ0) is 18.4. The van der Waals surface area contributed by atoms with Crippen LogP contribution in [-0.4, -0.2) is 48.5 Å². The van der Waals surface area contributed by atoms with E-state index in [1.54, 1.807) is 4.90 Å². The van der Waals surface area contributed by atoms with E-state index in [0.717, 1.165) is 17.7 Å². The molecule has 1 aliphatic carbocycles. The van der Waals surface area contributed by atoms with Gasteiger partial charge in [0, 0.05) is 23.5 Å². The molecule has 1 amide bonds. The predicted octanol–water partition coefficient (Wildman–Crippen LogP) is 3.77. The zero-order valence-electron chi connectivity index (χ0n) is 15.8. The Bertz CT molecular complexity index is 640. The standard InChI is InChI=1S/C20H29N3OS/c1-15-8-5-9-17(16(15)2)23(13-7-12-21)20(24)14-22(3)18-10-6-11-19(18)25-4/h5,8-9,18-19H,6-7,10-11,13-14H2,1-4H3. The predicted molar refractivity (Wildman–Crippen MR) is 106 cm³/mol. The third-order valence-electron chi connectivity index (χ3n) is 5.29. The number of carbonyl (C=O) groups is 1. The van der Waals surface area contributed by atoms with Crippen molar-refractivity contribution >= 4 is 23.4 Å². The summed E-state index contributed by atoms with van der Waals surface area (Å²) in [6.45, 7) is 4.95. The number of hydrogen-bond acceptors (Lipinski definition) is 4. The number of carbonyl (C=O) groups excluding carboxylic acids is 1. The van der Waals surface area contributed by atoms with Crippen LogP contribution < -0.4 is 4.90 Å². The third kappa shape index (κ3) is 4.77. The molecule has 25 heavy (non-hydrogen) atoms. The lowest BCUT2D eigenvalue weighted by atomic mass is 10.1. The molecule has 5 heteroatoms. The van der Waals surface area contributed by atoms with Crippen molar-refractivity contribution in [3.8, 4) is 6.07 Å². The highest BCUT2D eigenvalue weighted by molar-refractivity contribution is 7.99. The monoisotopic (exact) mass is 359 g/mol. The SMILES string of the molecule is CSC1CCCC1N(C)CC(=O)N(CCC#N)c1cccc(C)c1C. The second-order valence-electron chi connectivity index (χ2n) is 6.86. The minimum atomic E-state index is 0.0817. The number of anilines is 1. The average molecular weight is 360 g/mol. The number of rotatable bonds is 7. The number of likely N-dealkylation sites (N-methyl/N-ethyl adjacent to an activating group) is 1. The molecule has 0 saturated heterocycles. The van der Waals surface area contributed by atoms with Gasteiger partial charge in [-0.2, -0.15) is 17.0 Å². The molecule has 1 aromatic carbocycles. The van der Waals surface area contributed by atoms with Gasteiger partial charge in [0.15, 0.2) is 0 Å². The molecule has 1 fully saturated rings. The number of hydrogen-bond donors (Lipinski definition) is 0. The van der Waals surface area contributed by atoms with E-state index in [4.69, 9.17) is 5.26 Å². The highest BCUT2D eigenvalue weighted by Gasteiger charge is 2.31. The summed E-state index contributed by atoms with van der Waals surface area (Å²) in [7, 11) is 2.06. The molecule has 2 atom stereocenters. The van der Waals surface area contributed by atoms with Crippen LogP contribution in [0.2, 0.25) is 0 Å². The van der Waals surface area contributed by atoms with Crippen molar-refractivity contribution < 1.29 is 4.79 Å². The van der Waals surface area contributed by atoms with Gasteiger partial charge in [0.1, 0.15) is 0 Å². The highest BCUT2D eigenvalue weighted by atomic mass is 32.2.